The average molecular weight is 269 g/mol. The summed E-state index contributed by atoms with van der Waals surface area (Å²) in [6.45, 7) is 8.43. The quantitative estimate of drug-likeness (QED) is 0.832. The first-order valence-electron chi connectivity index (χ1n) is 6.43. The van der Waals surface area contributed by atoms with Gasteiger partial charge in [0.15, 0.2) is 0 Å². The van der Waals surface area contributed by atoms with E-state index in [1.54, 1.807) is 11.3 Å². The molecule has 1 aromatic rings. The Labute approximate surface area is 113 Å². The van der Waals surface area contributed by atoms with Crippen LogP contribution in [0.25, 0.3) is 0 Å². The van der Waals surface area contributed by atoms with Crippen molar-refractivity contribution in [1.29, 1.82) is 0 Å². The van der Waals surface area contributed by atoms with Crippen molar-refractivity contribution in [3.8, 4) is 0 Å². The number of nitrogens with zero attached hydrogens (tertiary/aromatic N) is 1. The lowest BCUT2D eigenvalue weighted by Crippen LogP contribution is -2.36. The standard InChI is InChI=1S/C13H23N3OS/c1-5-6-11(7-14)13(17)16-9(3)12-8(2)15-10(4)18-12/h9,11H,5-7,14H2,1-4H3,(H,16,17). The molecule has 0 bridgehead atoms. The van der Waals surface area contributed by atoms with Crippen molar-refractivity contribution in [2.45, 2.75) is 46.6 Å². The smallest absolute Gasteiger partial charge is 0.224 e. The van der Waals surface area contributed by atoms with Crippen LogP contribution in [-0.2, 0) is 4.79 Å². The van der Waals surface area contributed by atoms with E-state index in [-0.39, 0.29) is 17.9 Å². The first kappa shape index (κ1) is 15.1. The van der Waals surface area contributed by atoms with Gasteiger partial charge in [-0.25, -0.2) is 4.98 Å². The number of carbonyl (C=O) groups is 1. The maximum atomic E-state index is 12.1. The molecular weight excluding hydrogens is 246 g/mol. The molecule has 1 aromatic heterocycles. The minimum atomic E-state index is -0.0771. The lowest BCUT2D eigenvalue weighted by Gasteiger charge is -2.18. The predicted octanol–water partition coefficient (Wildman–Crippen LogP) is 2.31. The molecule has 5 heteroatoms. The first-order valence-corrected chi connectivity index (χ1v) is 7.25. The fraction of sp³-hybridized carbons (Fsp3) is 0.692. The molecule has 1 heterocycles. The van der Waals surface area contributed by atoms with Crippen molar-refractivity contribution in [2.24, 2.45) is 11.7 Å². The van der Waals surface area contributed by atoms with Gasteiger partial charge in [0.1, 0.15) is 0 Å². The van der Waals surface area contributed by atoms with Gasteiger partial charge in [0.05, 0.1) is 22.7 Å². The highest BCUT2D eigenvalue weighted by molar-refractivity contribution is 7.11. The number of thiazole rings is 1. The molecule has 0 saturated carbocycles. The molecule has 102 valence electrons. The van der Waals surface area contributed by atoms with Gasteiger partial charge in [0, 0.05) is 11.4 Å². The van der Waals surface area contributed by atoms with Crippen LogP contribution in [0.2, 0.25) is 0 Å². The van der Waals surface area contributed by atoms with E-state index in [0.29, 0.717) is 6.54 Å². The summed E-state index contributed by atoms with van der Waals surface area (Å²) in [5.74, 6) is -0.0240. The molecule has 3 N–H and O–H groups in total. The molecule has 0 aromatic carbocycles. The zero-order valence-corrected chi connectivity index (χ0v) is 12.4. The Hall–Kier alpha value is -0.940. The summed E-state index contributed by atoms with van der Waals surface area (Å²) < 4.78 is 0. The van der Waals surface area contributed by atoms with Crippen molar-refractivity contribution >= 4 is 17.2 Å². The Morgan fingerprint density at radius 1 is 1.50 bits per heavy atom. The maximum absolute atomic E-state index is 12.1. The summed E-state index contributed by atoms with van der Waals surface area (Å²) in [5, 5.41) is 4.07. The van der Waals surface area contributed by atoms with Crippen LogP contribution in [-0.4, -0.2) is 17.4 Å². The van der Waals surface area contributed by atoms with Crippen molar-refractivity contribution in [3.63, 3.8) is 0 Å². The summed E-state index contributed by atoms with van der Waals surface area (Å²) in [4.78, 5) is 17.6. The summed E-state index contributed by atoms with van der Waals surface area (Å²) in [5.41, 5.74) is 6.64. The summed E-state index contributed by atoms with van der Waals surface area (Å²) >= 11 is 1.64. The minimum Gasteiger partial charge on any atom is -0.348 e. The normalized spacial score (nSPS) is 14.3. The fourth-order valence-electron chi connectivity index (χ4n) is 2.05. The van der Waals surface area contributed by atoms with E-state index >= 15 is 0 Å². The highest BCUT2D eigenvalue weighted by Gasteiger charge is 2.20. The van der Waals surface area contributed by atoms with Crippen LogP contribution < -0.4 is 11.1 Å². The van der Waals surface area contributed by atoms with E-state index < -0.39 is 0 Å². The lowest BCUT2D eigenvalue weighted by atomic mass is 10.0. The number of hydrogen-bond donors (Lipinski definition) is 2. The lowest BCUT2D eigenvalue weighted by molar-refractivity contribution is -0.125. The molecule has 0 aliphatic carbocycles. The molecule has 0 spiro atoms. The summed E-state index contributed by atoms with van der Waals surface area (Å²) in [6, 6.07) is 0.00889. The Morgan fingerprint density at radius 2 is 2.17 bits per heavy atom. The largest absolute Gasteiger partial charge is 0.348 e. The van der Waals surface area contributed by atoms with E-state index in [1.807, 2.05) is 20.8 Å². The molecule has 4 nitrogen and oxygen atoms in total. The number of aryl methyl sites for hydroxylation is 2. The van der Waals surface area contributed by atoms with Gasteiger partial charge in [-0.1, -0.05) is 13.3 Å². The Balaban J connectivity index is 2.66. The average Bonchev–Trinajstić information content (AvgIpc) is 2.65. The maximum Gasteiger partial charge on any atom is 0.224 e. The molecule has 0 radical (unpaired) electrons. The zero-order chi connectivity index (χ0) is 13.7. The molecule has 0 aliphatic heterocycles. The molecule has 2 unspecified atom stereocenters. The molecule has 1 amide bonds. The molecule has 0 saturated heterocycles. The van der Waals surface area contributed by atoms with Crippen LogP contribution in [0.15, 0.2) is 0 Å². The Kier molecular flexibility index (Phi) is 5.75. The van der Waals surface area contributed by atoms with Gasteiger partial charge in [-0.15, -0.1) is 11.3 Å². The van der Waals surface area contributed by atoms with Crippen LogP contribution in [0.1, 0.15) is 48.3 Å². The second-order valence-electron chi connectivity index (χ2n) is 4.63. The van der Waals surface area contributed by atoms with E-state index in [2.05, 4.69) is 17.2 Å². The van der Waals surface area contributed by atoms with Gasteiger partial charge in [-0.2, -0.15) is 0 Å². The number of nitrogens with one attached hydrogen (secondary N) is 1. The molecular formula is C13H23N3OS. The van der Waals surface area contributed by atoms with Gasteiger partial charge in [0.2, 0.25) is 5.91 Å². The Bertz CT molecular complexity index is 403. The Morgan fingerprint density at radius 3 is 2.61 bits per heavy atom. The number of hydrogen-bond acceptors (Lipinski definition) is 4. The van der Waals surface area contributed by atoms with Crippen LogP contribution in [0.3, 0.4) is 0 Å². The molecule has 2 atom stereocenters. The number of carbonyl (C=O) groups excluding carboxylic acids is 1. The number of rotatable bonds is 6. The first-order chi connectivity index (χ1) is 8.49. The molecule has 1 rings (SSSR count). The van der Waals surface area contributed by atoms with Crippen molar-refractivity contribution in [2.75, 3.05) is 6.54 Å². The second-order valence-corrected chi connectivity index (χ2v) is 5.87. The topological polar surface area (TPSA) is 68.0 Å². The van der Waals surface area contributed by atoms with Crippen molar-refractivity contribution in [3.05, 3.63) is 15.6 Å². The van der Waals surface area contributed by atoms with Crippen LogP contribution >= 0.6 is 11.3 Å². The predicted molar refractivity (Wildman–Crippen MR) is 75.6 cm³/mol. The minimum absolute atomic E-state index is 0.00889. The molecule has 0 aliphatic rings. The molecule has 18 heavy (non-hydrogen) atoms. The van der Waals surface area contributed by atoms with E-state index in [1.165, 1.54) is 0 Å². The van der Waals surface area contributed by atoms with Gasteiger partial charge in [-0.05, 0) is 27.2 Å². The van der Waals surface area contributed by atoms with Crippen LogP contribution in [0.5, 0.6) is 0 Å². The third-order valence-electron chi connectivity index (χ3n) is 2.98. The third-order valence-corrected chi connectivity index (χ3v) is 4.24. The summed E-state index contributed by atoms with van der Waals surface area (Å²) in [6.07, 6.45) is 1.82. The van der Waals surface area contributed by atoms with E-state index in [9.17, 15) is 4.79 Å². The number of amides is 1. The van der Waals surface area contributed by atoms with Crippen LogP contribution in [0, 0.1) is 19.8 Å². The molecule has 0 fully saturated rings. The number of nitrogens with two attached hydrogens (primary N) is 1. The zero-order valence-electron chi connectivity index (χ0n) is 11.6. The van der Waals surface area contributed by atoms with E-state index in [4.69, 9.17) is 5.73 Å². The SMILES string of the molecule is CCCC(CN)C(=O)NC(C)c1sc(C)nc1C. The van der Waals surface area contributed by atoms with Crippen molar-refractivity contribution in [1.82, 2.24) is 10.3 Å². The summed E-state index contributed by atoms with van der Waals surface area (Å²) in [7, 11) is 0. The van der Waals surface area contributed by atoms with Crippen molar-refractivity contribution < 1.29 is 4.79 Å². The fourth-order valence-corrected chi connectivity index (χ4v) is 2.98. The third kappa shape index (κ3) is 3.78. The van der Waals surface area contributed by atoms with Gasteiger partial charge < -0.3 is 11.1 Å². The van der Waals surface area contributed by atoms with Crippen LogP contribution in [0.4, 0.5) is 0 Å². The van der Waals surface area contributed by atoms with Gasteiger partial charge >= 0.3 is 0 Å². The second kappa shape index (κ2) is 6.85. The highest BCUT2D eigenvalue weighted by atomic mass is 32.1. The number of aromatic nitrogens is 1. The van der Waals surface area contributed by atoms with Gasteiger partial charge in [0.25, 0.3) is 0 Å². The monoisotopic (exact) mass is 269 g/mol. The highest BCUT2D eigenvalue weighted by Crippen LogP contribution is 2.24. The van der Waals surface area contributed by atoms with E-state index in [0.717, 1.165) is 28.4 Å². The van der Waals surface area contributed by atoms with Gasteiger partial charge in [-0.3, -0.25) is 4.79 Å².